The van der Waals surface area contributed by atoms with Crippen LogP contribution in [-0.4, -0.2) is 43.4 Å². The Morgan fingerprint density at radius 2 is 1.88 bits per heavy atom. The predicted octanol–water partition coefficient (Wildman–Crippen LogP) is 2.31. The monoisotopic (exact) mass is 332 g/mol. The van der Waals surface area contributed by atoms with Crippen molar-refractivity contribution in [2.75, 3.05) is 26.0 Å². The van der Waals surface area contributed by atoms with E-state index in [0.29, 0.717) is 17.7 Å². The van der Waals surface area contributed by atoms with Crippen molar-refractivity contribution in [3.05, 3.63) is 29.8 Å². The quantitative estimate of drug-likeness (QED) is 0.778. The van der Waals surface area contributed by atoms with Crippen LogP contribution in [0.4, 0.5) is 5.69 Å². The SMILES string of the molecule is CCCCN(C)C(=O)C1CC1C(=O)Nc1ccc(C(=O)OC)cc1. The van der Waals surface area contributed by atoms with E-state index in [-0.39, 0.29) is 23.7 Å². The van der Waals surface area contributed by atoms with E-state index in [1.54, 1.807) is 36.2 Å². The summed E-state index contributed by atoms with van der Waals surface area (Å²) in [6.45, 7) is 2.81. The average Bonchev–Trinajstić information content (AvgIpc) is 3.39. The molecule has 6 nitrogen and oxygen atoms in total. The van der Waals surface area contributed by atoms with Crippen LogP contribution in [0.15, 0.2) is 24.3 Å². The predicted molar refractivity (Wildman–Crippen MR) is 90.6 cm³/mol. The number of anilines is 1. The number of rotatable bonds is 7. The molecule has 2 atom stereocenters. The van der Waals surface area contributed by atoms with Gasteiger partial charge in [-0.1, -0.05) is 13.3 Å². The minimum Gasteiger partial charge on any atom is -0.465 e. The minimum absolute atomic E-state index is 0.0460. The Bertz CT molecular complexity index is 612. The topological polar surface area (TPSA) is 75.7 Å². The number of methoxy groups -OCH3 is 1. The van der Waals surface area contributed by atoms with Crippen LogP contribution in [0.2, 0.25) is 0 Å². The van der Waals surface area contributed by atoms with E-state index < -0.39 is 5.97 Å². The fourth-order valence-electron chi connectivity index (χ4n) is 2.59. The third-order valence-electron chi connectivity index (χ3n) is 4.24. The van der Waals surface area contributed by atoms with Crippen LogP contribution in [0.5, 0.6) is 0 Å². The molecule has 6 heteroatoms. The average molecular weight is 332 g/mol. The summed E-state index contributed by atoms with van der Waals surface area (Å²) in [6.07, 6.45) is 2.60. The summed E-state index contributed by atoms with van der Waals surface area (Å²) in [7, 11) is 3.11. The number of hydrogen-bond acceptors (Lipinski definition) is 4. The number of benzene rings is 1. The van der Waals surface area contributed by atoms with E-state index in [9.17, 15) is 14.4 Å². The summed E-state index contributed by atoms with van der Waals surface area (Å²) >= 11 is 0. The van der Waals surface area contributed by atoms with Crippen molar-refractivity contribution in [1.29, 1.82) is 0 Å². The van der Waals surface area contributed by atoms with E-state index in [0.717, 1.165) is 19.4 Å². The summed E-state index contributed by atoms with van der Waals surface area (Å²) in [5.74, 6) is -0.994. The van der Waals surface area contributed by atoms with Crippen molar-refractivity contribution >= 4 is 23.5 Å². The Kier molecular flexibility index (Phi) is 5.95. The van der Waals surface area contributed by atoms with Crippen molar-refractivity contribution in [2.24, 2.45) is 11.8 Å². The molecule has 0 bridgehead atoms. The van der Waals surface area contributed by atoms with Gasteiger partial charge in [0.2, 0.25) is 11.8 Å². The maximum absolute atomic E-state index is 12.2. The first-order valence-electron chi connectivity index (χ1n) is 8.22. The molecule has 0 aromatic heterocycles. The van der Waals surface area contributed by atoms with Gasteiger partial charge >= 0.3 is 5.97 Å². The van der Waals surface area contributed by atoms with Gasteiger partial charge in [-0.2, -0.15) is 0 Å². The molecular weight excluding hydrogens is 308 g/mol. The van der Waals surface area contributed by atoms with Gasteiger partial charge < -0.3 is 15.0 Å². The second-order valence-corrected chi connectivity index (χ2v) is 6.12. The van der Waals surface area contributed by atoms with Gasteiger partial charge in [0.15, 0.2) is 0 Å². The van der Waals surface area contributed by atoms with Crippen LogP contribution in [0, 0.1) is 11.8 Å². The molecule has 0 heterocycles. The number of nitrogens with one attached hydrogen (secondary N) is 1. The van der Waals surface area contributed by atoms with E-state index in [4.69, 9.17) is 0 Å². The van der Waals surface area contributed by atoms with Gasteiger partial charge in [0.1, 0.15) is 0 Å². The number of amides is 2. The molecule has 1 aliphatic carbocycles. The summed E-state index contributed by atoms with van der Waals surface area (Å²) < 4.78 is 4.63. The Morgan fingerprint density at radius 1 is 1.21 bits per heavy atom. The lowest BCUT2D eigenvalue weighted by molar-refractivity contribution is -0.132. The van der Waals surface area contributed by atoms with Gasteiger partial charge in [0, 0.05) is 19.3 Å². The van der Waals surface area contributed by atoms with Gasteiger partial charge in [-0.15, -0.1) is 0 Å². The highest BCUT2D eigenvalue weighted by molar-refractivity contribution is 5.99. The highest BCUT2D eigenvalue weighted by atomic mass is 16.5. The second kappa shape index (κ2) is 7.95. The zero-order valence-corrected chi connectivity index (χ0v) is 14.4. The fourth-order valence-corrected chi connectivity index (χ4v) is 2.59. The van der Waals surface area contributed by atoms with Crippen molar-refractivity contribution in [3.63, 3.8) is 0 Å². The van der Waals surface area contributed by atoms with Crippen LogP contribution in [-0.2, 0) is 14.3 Å². The molecule has 24 heavy (non-hydrogen) atoms. The Hall–Kier alpha value is -2.37. The van der Waals surface area contributed by atoms with E-state index in [2.05, 4.69) is 17.0 Å². The van der Waals surface area contributed by atoms with E-state index >= 15 is 0 Å². The lowest BCUT2D eigenvalue weighted by Crippen LogP contribution is -2.30. The molecule has 1 N–H and O–H groups in total. The minimum atomic E-state index is -0.421. The molecule has 2 amide bonds. The lowest BCUT2D eigenvalue weighted by Gasteiger charge is -2.16. The second-order valence-electron chi connectivity index (χ2n) is 6.12. The fraction of sp³-hybridized carbons (Fsp3) is 0.500. The maximum atomic E-state index is 12.2. The first-order chi connectivity index (χ1) is 11.5. The van der Waals surface area contributed by atoms with Crippen LogP contribution in [0.3, 0.4) is 0 Å². The molecule has 0 spiro atoms. The van der Waals surface area contributed by atoms with E-state index in [1.807, 2.05) is 0 Å². The van der Waals surface area contributed by atoms with Gasteiger partial charge in [0.25, 0.3) is 0 Å². The van der Waals surface area contributed by atoms with Crippen molar-refractivity contribution in [2.45, 2.75) is 26.2 Å². The summed E-state index contributed by atoms with van der Waals surface area (Å²) in [5, 5.41) is 2.79. The molecule has 1 fully saturated rings. The molecule has 2 rings (SSSR count). The third kappa shape index (κ3) is 4.34. The molecule has 130 valence electrons. The first-order valence-corrected chi connectivity index (χ1v) is 8.22. The van der Waals surface area contributed by atoms with Crippen molar-refractivity contribution in [3.8, 4) is 0 Å². The van der Waals surface area contributed by atoms with Crippen LogP contribution < -0.4 is 5.32 Å². The van der Waals surface area contributed by atoms with Crippen molar-refractivity contribution in [1.82, 2.24) is 4.90 Å². The lowest BCUT2D eigenvalue weighted by atomic mass is 10.2. The summed E-state index contributed by atoms with van der Waals surface area (Å²) in [4.78, 5) is 37.5. The molecule has 1 aliphatic rings. The molecule has 0 radical (unpaired) electrons. The molecule has 0 aliphatic heterocycles. The highest BCUT2D eigenvalue weighted by Crippen LogP contribution is 2.40. The zero-order valence-electron chi connectivity index (χ0n) is 14.4. The van der Waals surface area contributed by atoms with Gasteiger partial charge in [-0.25, -0.2) is 4.79 Å². The van der Waals surface area contributed by atoms with Crippen LogP contribution in [0.1, 0.15) is 36.5 Å². The Labute approximate surface area is 142 Å². The van der Waals surface area contributed by atoms with Crippen molar-refractivity contribution < 1.29 is 19.1 Å². The van der Waals surface area contributed by atoms with Gasteiger partial charge in [0.05, 0.1) is 24.5 Å². The number of ether oxygens (including phenoxy) is 1. The Morgan fingerprint density at radius 3 is 2.46 bits per heavy atom. The number of carbonyl (C=O) groups is 3. The number of hydrogen-bond donors (Lipinski definition) is 1. The smallest absolute Gasteiger partial charge is 0.337 e. The molecule has 1 aromatic rings. The van der Waals surface area contributed by atoms with Gasteiger partial charge in [-0.3, -0.25) is 9.59 Å². The maximum Gasteiger partial charge on any atom is 0.337 e. The molecule has 1 saturated carbocycles. The molecule has 0 saturated heterocycles. The third-order valence-corrected chi connectivity index (χ3v) is 4.24. The standard InChI is InChI=1S/C18H24N2O4/c1-4-5-10-20(2)17(22)15-11-14(15)16(21)19-13-8-6-12(7-9-13)18(23)24-3/h6-9,14-15H,4-5,10-11H2,1-3H3,(H,19,21). The highest BCUT2D eigenvalue weighted by Gasteiger charge is 2.48. The van der Waals surface area contributed by atoms with Crippen LogP contribution >= 0.6 is 0 Å². The Balaban J connectivity index is 1.86. The van der Waals surface area contributed by atoms with Gasteiger partial charge in [-0.05, 0) is 37.1 Å². The van der Waals surface area contributed by atoms with Crippen LogP contribution in [0.25, 0.3) is 0 Å². The first kappa shape index (κ1) is 18.0. The molecule has 2 unspecified atom stereocenters. The number of esters is 1. The largest absolute Gasteiger partial charge is 0.465 e. The number of unbranched alkanes of at least 4 members (excludes halogenated alkanes) is 1. The summed E-state index contributed by atoms with van der Waals surface area (Å²) in [5.41, 5.74) is 1.03. The number of nitrogens with zero attached hydrogens (tertiary/aromatic N) is 1. The summed E-state index contributed by atoms with van der Waals surface area (Å²) in [6, 6.07) is 6.48. The molecular formula is C18H24N2O4. The molecule has 1 aromatic carbocycles. The zero-order chi connectivity index (χ0) is 17.7. The number of carbonyl (C=O) groups excluding carboxylic acids is 3. The normalized spacial score (nSPS) is 18.6. The van der Waals surface area contributed by atoms with E-state index in [1.165, 1.54) is 7.11 Å².